The van der Waals surface area contributed by atoms with Gasteiger partial charge in [0.1, 0.15) is 11.4 Å². The molecule has 2 N–H and O–H groups in total. The Hall–Kier alpha value is -1.63. The van der Waals surface area contributed by atoms with Crippen LogP contribution in [-0.4, -0.2) is 24.7 Å². The molecule has 1 saturated carbocycles. The number of rotatable bonds is 4. The van der Waals surface area contributed by atoms with Crippen LogP contribution in [0, 0.1) is 5.82 Å². The monoisotopic (exact) mass is 301 g/mol. The van der Waals surface area contributed by atoms with Gasteiger partial charge in [0.05, 0.1) is 10.9 Å². The van der Waals surface area contributed by atoms with Crippen LogP contribution in [0.5, 0.6) is 0 Å². The Morgan fingerprint density at radius 1 is 1.25 bits per heavy atom. The molecule has 0 saturated heterocycles. The van der Waals surface area contributed by atoms with Crippen LogP contribution < -0.4 is 4.72 Å². The molecule has 2 rings (SSSR count). The van der Waals surface area contributed by atoms with Crippen LogP contribution in [0.2, 0.25) is 0 Å². The van der Waals surface area contributed by atoms with Crippen molar-refractivity contribution in [3.63, 3.8) is 0 Å². The molecule has 0 bridgehead atoms. The number of hydrogen-bond donors (Lipinski definition) is 2. The lowest BCUT2D eigenvalue weighted by molar-refractivity contribution is 0.0693. The molecule has 0 radical (unpaired) electrons. The molecule has 0 heterocycles. The molecule has 0 unspecified atom stereocenters. The van der Waals surface area contributed by atoms with Gasteiger partial charge in [-0.15, -0.1) is 0 Å². The molecule has 1 aromatic rings. The Bertz CT molecular complexity index is 609. The Balaban J connectivity index is 2.29. The highest BCUT2D eigenvalue weighted by molar-refractivity contribution is 7.93. The van der Waals surface area contributed by atoms with E-state index in [9.17, 15) is 17.6 Å². The second-order valence-electron chi connectivity index (χ2n) is 4.87. The molecule has 0 spiro atoms. The molecule has 0 amide bonds. The van der Waals surface area contributed by atoms with E-state index in [4.69, 9.17) is 5.11 Å². The summed E-state index contributed by atoms with van der Waals surface area (Å²) in [5.74, 6) is -2.45. The van der Waals surface area contributed by atoms with Crippen molar-refractivity contribution in [3.8, 4) is 0 Å². The zero-order valence-corrected chi connectivity index (χ0v) is 11.6. The van der Waals surface area contributed by atoms with Crippen molar-refractivity contribution < 1.29 is 22.7 Å². The predicted molar refractivity (Wildman–Crippen MR) is 72.8 cm³/mol. The summed E-state index contributed by atoms with van der Waals surface area (Å²) in [6.45, 7) is 0. The Kier molecular flexibility index (Phi) is 4.27. The maximum atomic E-state index is 13.5. The van der Waals surface area contributed by atoms with Gasteiger partial charge in [0.2, 0.25) is 10.0 Å². The number of sulfonamides is 1. The molecule has 20 heavy (non-hydrogen) atoms. The predicted octanol–water partition coefficient (Wildman–Crippen LogP) is 2.60. The fraction of sp³-hybridized carbons (Fsp3) is 0.462. The SMILES string of the molecule is O=C(O)c1c(F)cccc1NS(=O)(=O)C1CCCCC1. The highest BCUT2D eigenvalue weighted by Gasteiger charge is 2.29. The van der Waals surface area contributed by atoms with Crippen molar-refractivity contribution in [1.82, 2.24) is 0 Å². The minimum Gasteiger partial charge on any atom is -0.478 e. The van der Waals surface area contributed by atoms with Crippen molar-refractivity contribution >= 4 is 21.7 Å². The van der Waals surface area contributed by atoms with E-state index in [1.807, 2.05) is 0 Å². The van der Waals surface area contributed by atoms with Gasteiger partial charge in [-0.3, -0.25) is 4.72 Å². The number of aromatic carboxylic acids is 1. The van der Waals surface area contributed by atoms with Crippen molar-refractivity contribution in [2.75, 3.05) is 4.72 Å². The zero-order valence-electron chi connectivity index (χ0n) is 10.8. The molecule has 1 aliphatic rings. The molecule has 7 heteroatoms. The summed E-state index contributed by atoms with van der Waals surface area (Å²) in [4.78, 5) is 11.0. The summed E-state index contributed by atoms with van der Waals surface area (Å²) >= 11 is 0. The van der Waals surface area contributed by atoms with Crippen LogP contribution in [0.15, 0.2) is 18.2 Å². The maximum absolute atomic E-state index is 13.5. The van der Waals surface area contributed by atoms with Crippen LogP contribution in [0.4, 0.5) is 10.1 Å². The summed E-state index contributed by atoms with van der Waals surface area (Å²) in [5, 5.41) is 8.44. The standard InChI is InChI=1S/C13H16FNO4S/c14-10-7-4-8-11(12(10)13(16)17)15-20(18,19)9-5-2-1-3-6-9/h4,7-9,15H,1-3,5-6H2,(H,16,17). The molecule has 0 aromatic heterocycles. The van der Waals surface area contributed by atoms with Gasteiger partial charge < -0.3 is 5.11 Å². The fourth-order valence-corrected chi connectivity index (χ4v) is 4.04. The Labute approximate surface area is 116 Å². The first kappa shape index (κ1) is 14.8. The van der Waals surface area contributed by atoms with E-state index in [1.165, 1.54) is 12.1 Å². The molecular formula is C13H16FNO4S. The molecule has 1 aromatic carbocycles. The highest BCUT2D eigenvalue weighted by Crippen LogP contribution is 2.27. The quantitative estimate of drug-likeness (QED) is 0.895. The molecule has 110 valence electrons. The minimum atomic E-state index is -3.69. The normalized spacial score (nSPS) is 16.9. The first-order valence-corrected chi connectivity index (χ1v) is 8.00. The Morgan fingerprint density at radius 2 is 1.90 bits per heavy atom. The van der Waals surface area contributed by atoms with Crippen LogP contribution in [-0.2, 0) is 10.0 Å². The van der Waals surface area contributed by atoms with Gasteiger partial charge in [-0.05, 0) is 25.0 Å². The van der Waals surface area contributed by atoms with E-state index in [-0.39, 0.29) is 5.69 Å². The van der Waals surface area contributed by atoms with Crippen LogP contribution in [0.3, 0.4) is 0 Å². The Morgan fingerprint density at radius 3 is 2.50 bits per heavy atom. The first-order valence-electron chi connectivity index (χ1n) is 6.45. The fourth-order valence-electron chi connectivity index (χ4n) is 2.44. The van der Waals surface area contributed by atoms with Gasteiger partial charge in [0.25, 0.3) is 0 Å². The van der Waals surface area contributed by atoms with Crippen LogP contribution in [0.1, 0.15) is 42.5 Å². The average Bonchev–Trinajstić information content (AvgIpc) is 2.39. The molecule has 0 atom stereocenters. The molecular weight excluding hydrogens is 285 g/mol. The third-order valence-corrected chi connectivity index (χ3v) is 5.32. The number of carbonyl (C=O) groups is 1. The van der Waals surface area contributed by atoms with Crippen molar-refractivity contribution in [2.24, 2.45) is 0 Å². The lowest BCUT2D eigenvalue weighted by Crippen LogP contribution is -2.30. The van der Waals surface area contributed by atoms with Gasteiger partial charge in [-0.25, -0.2) is 17.6 Å². The third-order valence-electron chi connectivity index (χ3n) is 3.47. The van der Waals surface area contributed by atoms with Gasteiger partial charge in [-0.1, -0.05) is 25.3 Å². The number of anilines is 1. The summed E-state index contributed by atoms with van der Waals surface area (Å²) in [7, 11) is -3.69. The smallest absolute Gasteiger partial charge is 0.340 e. The number of hydrogen-bond acceptors (Lipinski definition) is 3. The van der Waals surface area contributed by atoms with Gasteiger partial charge in [-0.2, -0.15) is 0 Å². The molecule has 0 aliphatic heterocycles. The number of carboxylic acid groups (broad SMARTS) is 1. The van der Waals surface area contributed by atoms with Gasteiger partial charge in [0, 0.05) is 0 Å². The number of nitrogens with one attached hydrogen (secondary N) is 1. The number of carboxylic acids is 1. The maximum Gasteiger partial charge on any atom is 0.340 e. The first-order chi connectivity index (χ1) is 9.42. The highest BCUT2D eigenvalue weighted by atomic mass is 32.2. The van der Waals surface area contributed by atoms with E-state index in [0.717, 1.165) is 25.3 Å². The van der Waals surface area contributed by atoms with E-state index < -0.39 is 32.6 Å². The van der Waals surface area contributed by atoms with Crippen molar-refractivity contribution in [2.45, 2.75) is 37.4 Å². The van der Waals surface area contributed by atoms with E-state index in [1.54, 1.807) is 0 Å². The van der Waals surface area contributed by atoms with Gasteiger partial charge in [0.15, 0.2) is 0 Å². The van der Waals surface area contributed by atoms with Crippen molar-refractivity contribution in [1.29, 1.82) is 0 Å². The topological polar surface area (TPSA) is 83.5 Å². The minimum absolute atomic E-state index is 0.219. The second kappa shape index (κ2) is 5.78. The lowest BCUT2D eigenvalue weighted by Gasteiger charge is -2.22. The third kappa shape index (κ3) is 3.09. The average molecular weight is 301 g/mol. The van der Waals surface area contributed by atoms with Crippen molar-refractivity contribution in [3.05, 3.63) is 29.6 Å². The zero-order chi connectivity index (χ0) is 14.8. The van der Waals surface area contributed by atoms with Crippen LogP contribution in [0.25, 0.3) is 0 Å². The molecule has 1 fully saturated rings. The summed E-state index contributed by atoms with van der Waals surface area (Å²) < 4.78 is 40.2. The summed E-state index contributed by atoms with van der Waals surface area (Å²) in [6.07, 6.45) is 3.77. The van der Waals surface area contributed by atoms with E-state index >= 15 is 0 Å². The number of benzene rings is 1. The second-order valence-corrected chi connectivity index (χ2v) is 6.84. The van der Waals surface area contributed by atoms with Crippen LogP contribution >= 0.6 is 0 Å². The summed E-state index contributed by atoms with van der Waals surface area (Å²) in [6, 6.07) is 3.52. The van der Waals surface area contributed by atoms with E-state index in [2.05, 4.69) is 4.72 Å². The van der Waals surface area contributed by atoms with E-state index in [0.29, 0.717) is 12.8 Å². The lowest BCUT2D eigenvalue weighted by atomic mass is 10.0. The largest absolute Gasteiger partial charge is 0.478 e. The molecule has 5 nitrogen and oxygen atoms in total. The van der Waals surface area contributed by atoms with Gasteiger partial charge >= 0.3 is 5.97 Å². The summed E-state index contributed by atoms with van der Waals surface area (Å²) in [5.41, 5.74) is -0.866. The molecule has 1 aliphatic carbocycles. The number of halogens is 1.